The van der Waals surface area contributed by atoms with Crippen molar-refractivity contribution in [2.75, 3.05) is 10.9 Å². The SMILES string of the molecule is O=[N+]([O-])c1ccc(NN=CCCC=NNc2ccc([N+](=O)[O-])cc2)cc1. The summed E-state index contributed by atoms with van der Waals surface area (Å²) in [6.07, 6.45) is 4.62. The number of hydrazone groups is 2. The van der Waals surface area contributed by atoms with Crippen LogP contribution in [0.15, 0.2) is 58.7 Å². The standard InChI is InChI=1S/C16H16N6O4/c23-21(24)15-7-3-13(4-8-15)19-17-11-1-2-12-18-20-14-5-9-16(10-6-14)22(25)26/h3-12,19-20H,1-2H2. The molecule has 0 atom stereocenters. The Morgan fingerprint density at radius 2 is 1.08 bits per heavy atom. The molecule has 0 radical (unpaired) electrons. The van der Waals surface area contributed by atoms with E-state index in [0.717, 1.165) is 0 Å². The molecule has 134 valence electrons. The number of nitrogens with one attached hydrogen (secondary N) is 2. The topological polar surface area (TPSA) is 135 Å². The lowest BCUT2D eigenvalue weighted by Crippen LogP contribution is -1.93. The average molecular weight is 356 g/mol. The van der Waals surface area contributed by atoms with Crippen molar-refractivity contribution in [2.45, 2.75) is 12.8 Å². The van der Waals surface area contributed by atoms with Gasteiger partial charge in [0.05, 0.1) is 21.2 Å². The Morgan fingerprint density at radius 1 is 0.731 bits per heavy atom. The Labute approximate surface area is 148 Å². The van der Waals surface area contributed by atoms with Crippen LogP contribution in [0.2, 0.25) is 0 Å². The second-order valence-corrected chi connectivity index (χ2v) is 5.03. The van der Waals surface area contributed by atoms with Crippen LogP contribution in [0.25, 0.3) is 0 Å². The lowest BCUT2D eigenvalue weighted by Gasteiger charge is -1.99. The van der Waals surface area contributed by atoms with Crippen molar-refractivity contribution in [3.63, 3.8) is 0 Å². The number of non-ortho nitro benzene ring substituents is 2. The first kappa shape index (κ1) is 18.5. The fourth-order valence-corrected chi connectivity index (χ4v) is 1.83. The molecule has 2 aromatic rings. The largest absolute Gasteiger partial charge is 0.279 e. The van der Waals surface area contributed by atoms with Crippen LogP contribution >= 0.6 is 0 Å². The van der Waals surface area contributed by atoms with Crippen molar-refractivity contribution in [1.82, 2.24) is 0 Å². The summed E-state index contributed by atoms with van der Waals surface area (Å²) in [6.45, 7) is 0. The fourth-order valence-electron chi connectivity index (χ4n) is 1.83. The van der Waals surface area contributed by atoms with Crippen molar-refractivity contribution >= 4 is 35.2 Å². The van der Waals surface area contributed by atoms with Crippen molar-refractivity contribution in [1.29, 1.82) is 0 Å². The number of nitro benzene ring substituents is 2. The Kier molecular flexibility index (Phi) is 6.74. The van der Waals surface area contributed by atoms with Gasteiger partial charge in [-0.1, -0.05) is 0 Å². The van der Waals surface area contributed by atoms with Crippen LogP contribution in [-0.2, 0) is 0 Å². The van der Waals surface area contributed by atoms with Gasteiger partial charge in [-0.05, 0) is 37.1 Å². The third-order valence-corrected chi connectivity index (χ3v) is 3.15. The molecule has 10 heteroatoms. The second kappa shape index (κ2) is 9.47. The van der Waals surface area contributed by atoms with E-state index in [1.165, 1.54) is 24.3 Å². The normalized spacial score (nSPS) is 10.9. The van der Waals surface area contributed by atoms with Crippen LogP contribution in [0.5, 0.6) is 0 Å². The molecule has 2 N–H and O–H groups in total. The van der Waals surface area contributed by atoms with Crippen molar-refractivity contribution in [2.24, 2.45) is 10.2 Å². The van der Waals surface area contributed by atoms with E-state index in [4.69, 9.17) is 0 Å². The molecule has 0 spiro atoms. The summed E-state index contributed by atoms with van der Waals surface area (Å²) in [6, 6.07) is 11.9. The molecule has 10 nitrogen and oxygen atoms in total. The minimum Gasteiger partial charge on any atom is -0.279 e. The highest BCUT2D eigenvalue weighted by Crippen LogP contribution is 2.16. The van der Waals surface area contributed by atoms with Gasteiger partial charge in [0, 0.05) is 36.7 Å². The van der Waals surface area contributed by atoms with E-state index >= 15 is 0 Å². The molecule has 26 heavy (non-hydrogen) atoms. The van der Waals surface area contributed by atoms with Gasteiger partial charge in [0.2, 0.25) is 0 Å². The molecule has 0 fully saturated rings. The second-order valence-electron chi connectivity index (χ2n) is 5.03. The summed E-state index contributed by atoms with van der Waals surface area (Å²) in [5.41, 5.74) is 6.90. The zero-order valence-electron chi connectivity index (χ0n) is 13.6. The zero-order chi connectivity index (χ0) is 18.8. The van der Waals surface area contributed by atoms with E-state index in [-0.39, 0.29) is 11.4 Å². The maximum Gasteiger partial charge on any atom is 0.269 e. The van der Waals surface area contributed by atoms with Gasteiger partial charge in [0.15, 0.2) is 0 Å². The van der Waals surface area contributed by atoms with Crippen LogP contribution in [0.1, 0.15) is 12.8 Å². The van der Waals surface area contributed by atoms with E-state index in [9.17, 15) is 20.2 Å². The molecule has 0 saturated heterocycles. The van der Waals surface area contributed by atoms with Gasteiger partial charge in [0.1, 0.15) is 0 Å². The van der Waals surface area contributed by atoms with Gasteiger partial charge in [0.25, 0.3) is 11.4 Å². The van der Waals surface area contributed by atoms with Crippen molar-refractivity contribution < 1.29 is 9.85 Å². The Balaban J connectivity index is 1.66. The summed E-state index contributed by atoms with van der Waals surface area (Å²) in [5.74, 6) is 0. The maximum atomic E-state index is 10.5. The maximum absolute atomic E-state index is 10.5. The predicted molar refractivity (Wildman–Crippen MR) is 99.7 cm³/mol. The molecular formula is C16H16N6O4. The molecule has 2 rings (SSSR count). The zero-order valence-corrected chi connectivity index (χ0v) is 13.6. The van der Waals surface area contributed by atoms with E-state index in [2.05, 4.69) is 21.1 Å². The quantitative estimate of drug-likeness (QED) is 0.304. The third kappa shape index (κ3) is 6.00. The monoisotopic (exact) mass is 356 g/mol. The highest BCUT2D eigenvalue weighted by molar-refractivity contribution is 5.67. The Bertz CT molecular complexity index is 733. The summed E-state index contributed by atoms with van der Waals surface area (Å²) in [5, 5.41) is 29.1. The molecule has 0 aromatic heterocycles. The van der Waals surface area contributed by atoms with Crippen molar-refractivity contribution in [3.05, 3.63) is 68.8 Å². The molecule has 0 bridgehead atoms. The number of hydrogen-bond acceptors (Lipinski definition) is 8. The first-order valence-corrected chi connectivity index (χ1v) is 7.60. The van der Waals surface area contributed by atoms with E-state index in [0.29, 0.717) is 24.2 Å². The average Bonchev–Trinajstić information content (AvgIpc) is 2.64. The van der Waals surface area contributed by atoms with Crippen LogP contribution < -0.4 is 10.9 Å². The number of nitrogens with zero attached hydrogens (tertiary/aromatic N) is 4. The molecule has 0 heterocycles. The molecule has 0 unspecified atom stereocenters. The summed E-state index contributed by atoms with van der Waals surface area (Å²) in [4.78, 5) is 20.2. The smallest absolute Gasteiger partial charge is 0.269 e. The van der Waals surface area contributed by atoms with E-state index in [1.807, 2.05) is 0 Å². The molecule has 0 aliphatic heterocycles. The number of benzene rings is 2. The number of rotatable bonds is 9. The van der Waals surface area contributed by atoms with Gasteiger partial charge in [-0.15, -0.1) is 0 Å². The van der Waals surface area contributed by atoms with Crippen molar-refractivity contribution in [3.8, 4) is 0 Å². The Hall–Kier alpha value is -3.82. The van der Waals surface area contributed by atoms with Gasteiger partial charge >= 0.3 is 0 Å². The van der Waals surface area contributed by atoms with E-state index in [1.54, 1.807) is 36.7 Å². The highest BCUT2D eigenvalue weighted by atomic mass is 16.6. The number of unbranched alkanes of at least 4 members (excludes halogenated alkanes) is 1. The first-order chi connectivity index (χ1) is 12.6. The fraction of sp³-hybridized carbons (Fsp3) is 0.125. The summed E-state index contributed by atoms with van der Waals surface area (Å²) in [7, 11) is 0. The molecule has 0 aliphatic carbocycles. The predicted octanol–water partition coefficient (Wildman–Crippen LogP) is 3.78. The lowest BCUT2D eigenvalue weighted by molar-refractivity contribution is -0.385. The molecule has 0 aliphatic rings. The summed E-state index contributed by atoms with van der Waals surface area (Å²) >= 11 is 0. The van der Waals surface area contributed by atoms with Gasteiger partial charge in [-0.2, -0.15) is 10.2 Å². The highest BCUT2D eigenvalue weighted by Gasteiger charge is 2.03. The molecule has 0 saturated carbocycles. The van der Waals surface area contributed by atoms with Gasteiger partial charge in [-0.3, -0.25) is 31.1 Å². The number of hydrogen-bond donors (Lipinski definition) is 2. The minimum atomic E-state index is -0.461. The van der Waals surface area contributed by atoms with Crippen LogP contribution in [0.4, 0.5) is 22.7 Å². The van der Waals surface area contributed by atoms with Gasteiger partial charge < -0.3 is 0 Å². The number of anilines is 2. The summed E-state index contributed by atoms with van der Waals surface area (Å²) < 4.78 is 0. The first-order valence-electron chi connectivity index (χ1n) is 7.60. The van der Waals surface area contributed by atoms with E-state index < -0.39 is 9.85 Å². The Morgan fingerprint density at radius 3 is 1.38 bits per heavy atom. The lowest BCUT2D eigenvalue weighted by atomic mass is 10.3. The van der Waals surface area contributed by atoms with Crippen LogP contribution in [0, 0.1) is 20.2 Å². The van der Waals surface area contributed by atoms with Gasteiger partial charge in [-0.25, -0.2) is 0 Å². The number of nitro groups is 2. The third-order valence-electron chi connectivity index (χ3n) is 3.15. The van der Waals surface area contributed by atoms with Crippen LogP contribution in [0.3, 0.4) is 0 Å². The minimum absolute atomic E-state index is 0.0243. The molecular weight excluding hydrogens is 340 g/mol. The molecule has 0 amide bonds. The van der Waals surface area contributed by atoms with Crippen LogP contribution in [-0.4, -0.2) is 22.3 Å². The molecule has 2 aromatic carbocycles.